The number of fused-ring (bicyclic) bond motifs is 1. The molecule has 27 heavy (non-hydrogen) atoms. The summed E-state index contributed by atoms with van der Waals surface area (Å²) in [6, 6.07) is 12.2. The van der Waals surface area contributed by atoms with Crippen molar-refractivity contribution in [3.8, 4) is 17.2 Å². The van der Waals surface area contributed by atoms with Crippen molar-refractivity contribution in [2.75, 3.05) is 13.9 Å². The summed E-state index contributed by atoms with van der Waals surface area (Å²) < 4.78 is 18.0. The molecule has 1 aliphatic rings. The first-order chi connectivity index (χ1) is 13.2. The zero-order valence-corrected chi connectivity index (χ0v) is 15.0. The monoisotopic (exact) mass is 365 g/mol. The van der Waals surface area contributed by atoms with Crippen molar-refractivity contribution in [2.45, 2.75) is 6.04 Å². The van der Waals surface area contributed by atoms with Gasteiger partial charge in [0.1, 0.15) is 17.6 Å². The highest BCUT2D eigenvalue weighted by molar-refractivity contribution is 5.95. The molecule has 0 saturated heterocycles. The summed E-state index contributed by atoms with van der Waals surface area (Å²) in [6.45, 7) is 0.164. The fourth-order valence-electron chi connectivity index (χ4n) is 3.09. The Hall–Kier alpha value is -3.48. The van der Waals surface area contributed by atoms with Crippen molar-refractivity contribution in [1.29, 1.82) is 0 Å². The van der Waals surface area contributed by atoms with Crippen molar-refractivity contribution in [2.24, 2.45) is 7.05 Å². The summed E-state index contributed by atoms with van der Waals surface area (Å²) in [6.07, 6.45) is 3.54. The van der Waals surface area contributed by atoms with Gasteiger partial charge in [0.25, 0.3) is 5.91 Å². The van der Waals surface area contributed by atoms with Gasteiger partial charge in [-0.25, -0.2) is 4.98 Å². The maximum Gasteiger partial charge on any atom is 0.252 e. The molecule has 0 bridgehead atoms. The summed E-state index contributed by atoms with van der Waals surface area (Å²) in [5.41, 5.74) is 1.30. The number of aryl methyl sites for hydroxylation is 1. The van der Waals surface area contributed by atoms with E-state index in [0.29, 0.717) is 28.6 Å². The molecule has 1 aliphatic heterocycles. The minimum absolute atomic E-state index is 0.164. The van der Waals surface area contributed by atoms with Crippen LogP contribution in [0.2, 0.25) is 0 Å². The number of rotatable bonds is 5. The number of para-hydroxylation sites is 1. The lowest BCUT2D eigenvalue weighted by Gasteiger charge is -2.21. The first-order valence-corrected chi connectivity index (χ1v) is 8.48. The zero-order chi connectivity index (χ0) is 18.8. The zero-order valence-electron chi connectivity index (χ0n) is 15.0. The normalized spacial score (nSPS) is 13.3. The Morgan fingerprint density at radius 1 is 1.22 bits per heavy atom. The van der Waals surface area contributed by atoms with Gasteiger partial charge in [-0.1, -0.05) is 18.2 Å². The van der Waals surface area contributed by atoms with Crippen LogP contribution in [-0.4, -0.2) is 29.4 Å². The molecule has 0 unspecified atom stereocenters. The molecular formula is C20H19N3O4. The second-order valence-electron chi connectivity index (χ2n) is 6.11. The molecule has 7 heteroatoms. The van der Waals surface area contributed by atoms with Crippen LogP contribution >= 0.6 is 0 Å². The first kappa shape index (κ1) is 17.0. The van der Waals surface area contributed by atoms with Crippen molar-refractivity contribution < 1.29 is 19.0 Å². The highest BCUT2D eigenvalue weighted by atomic mass is 16.7. The fraction of sp³-hybridized carbons (Fsp3) is 0.200. The number of carbonyl (C=O) groups excluding carboxylic acids is 1. The van der Waals surface area contributed by atoms with Gasteiger partial charge in [0.15, 0.2) is 11.5 Å². The highest BCUT2D eigenvalue weighted by Crippen LogP contribution is 2.33. The van der Waals surface area contributed by atoms with Gasteiger partial charge in [-0.05, 0) is 24.3 Å². The van der Waals surface area contributed by atoms with Crippen LogP contribution in [0.4, 0.5) is 0 Å². The van der Waals surface area contributed by atoms with Gasteiger partial charge < -0.3 is 24.1 Å². The van der Waals surface area contributed by atoms with E-state index in [9.17, 15) is 4.79 Å². The lowest BCUT2D eigenvalue weighted by molar-refractivity contribution is 0.0940. The SMILES string of the molecule is COc1ccccc1[C@H](NC(=O)c1ccc2c(c1)OCO2)c1nccn1C. The number of hydrogen-bond donors (Lipinski definition) is 1. The molecule has 3 aromatic rings. The molecule has 0 spiro atoms. The lowest BCUT2D eigenvalue weighted by Crippen LogP contribution is -2.31. The fourth-order valence-corrected chi connectivity index (χ4v) is 3.09. The van der Waals surface area contributed by atoms with Crippen LogP contribution < -0.4 is 19.5 Å². The van der Waals surface area contributed by atoms with E-state index in [4.69, 9.17) is 14.2 Å². The molecule has 1 aromatic heterocycles. The van der Waals surface area contributed by atoms with Crippen molar-refractivity contribution in [3.63, 3.8) is 0 Å². The number of aromatic nitrogens is 2. The van der Waals surface area contributed by atoms with E-state index in [0.717, 1.165) is 5.56 Å². The molecule has 4 rings (SSSR count). The highest BCUT2D eigenvalue weighted by Gasteiger charge is 2.25. The number of benzene rings is 2. The number of hydrogen-bond acceptors (Lipinski definition) is 5. The van der Waals surface area contributed by atoms with Crippen LogP contribution in [0.5, 0.6) is 17.2 Å². The molecule has 0 fully saturated rings. The Morgan fingerprint density at radius 2 is 2.04 bits per heavy atom. The van der Waals surface area contributed by atoms with Gasteiger partial charge in [-0.2, -0.15) is 0 Å². The maximum atomic E-state index is 12.9. The number of imidazole rings is 1. The van der Waals surface area contributed by atoms with Gasteiger partial charge in [-0.15, -0.1) is 0 Å². The number of amides is 1. The molecular weight excluding hydrogens is 346 g/mol. The Morgan fingerprint density at radius 3 is 2.81 bits per heavy atom. The van der Waals surface area contributed by atoms with Gasteiger partial charge in [-0.3, -0.25) is 4.79 Å². The minimum atomic E-state index is -0.473. The van der Waals surface area contributed by atoms with Crippen LogP contribution in [0.25, 0.3) is 0 Å². The topological polar surface area (TPSA) is 74.6 Å². The molecule has 7 nitrogen and oxygen atoms in total. The van der Waals surface area contributed by atoms with Crippen molar-refractivity contribution in [1.82, 2.24) is 14.9 Å². The molecule has 2 aromatic carbocycles. The van der Waals surface area contributed by atoms with E-state index in [1.807, 2.05) is 42.1 Å². The molecule has 138 valence electrons. The number of nitrogens with zero attached hydrogens (tertiary/aromatic N) is 2. The second kappa shape index (κ2) is 7.03. The van der Waals surface area contributed by atoms with Gasteiger partial charge in [0, 0.05) is 30.6 Å². The Balaban J connectivity index is 1.69. The summed E-state index contributed by atoms with van der Waals surface area (Å²) in [5, 5.41) is 3.06. The predicted octanol–water partition coefficient (Wildman–Crippen LogP) is 2.68. The molecule has 0 aliphatic carbocycles. The maximum absolute atomic E-state index is 12.9. The molecule has 0 saturated carbocycles. The molecule has 1 atom stereocenters. The van der Waals surface area contributed by atoms with E-state index >= 15 is 0 Å². The summed E-state index contributed by atoms with van der Waals surface area (Å²) in [7, 11) is 3.49. The van der Waals surface area contributed by atoms with Gasteiger partial charge in [0.05, 0.1) is 7.11 Å². The largest absolute Gasteiger partial charge is 0.496 e. The average molecular weight is 365 g/mol. The predicted molar refractivity (Wildman–Crippen MR) is 98.1 cm³/mol. The van der Waals surface area contributed by atoms with E-state index in [-0.39, 0.29) is 12.7 Å². The van der Waals surface area contributed by atoms with E-state index in [1.54, 1.807) is 31.5 Å². The number of nitrogens with one attached hydrogen (secondary N) is 1. The van der Waals surface area contributed by atoms with Crippen molar-refractivity contribution in [3.05, 3.63) is 71.8 Å². The summed E-state index contributed by atoms with van der Waals surface area (Å²) in [4.78, 5) is 17.4. The van der Waals surface area contributed by atoms with Crippen molar-refractivity contribution >= 4 is 5.91 Å². The van der Waals surface area contributed by atoms with E-state index in [2.05, 4.69) is 10.3 Å². The smallest absolute Gasteiger partial charge is 0.252 e. The molecule has 1 amide bonds. The number of methoxy groups -OCH3 is 1. The second-order valence-corrected chi connectivity index (χ2v) is 6.11. The van der Waals surface area contributed by atoms with Gasteiger partial charge >= 0.3 is 0 Å². The third-order valence-electron chi connectivity index (χ3n) is 4.48. The van der Waals surface area contributed by atoms with Gasteiger partial charge in [0.2, 0.25) is 6.79 Å². The standard InChI is InChI=1S/C20H19N3O4/c1-23-10-9-21-19(23)18(14-5-3-4-6-15(14)25-2)22-20(24)13-7-8-16-17(11-13)27-12-26-16/h3-11,18H,12H2,1-2H3,(H,22,24)/t18-/m0/s1. The van der Waals surface area contributed by atoms with Crippen LogP contribution in [0.1, 0.15) is 27.8 Å². The van der Waals surface area contributed by atoms with Crippen LogP contribution in [0.3, 0.4) is 0 Å². The third kappa shape index (κ3) is 3.19. The molecule has 0 radical (unpaired) electrons. The quantitative estimate of drug-likeness (QED) is 0.752. The average Bonchev–Trinajstić information content (AvgIpc) is 3.34. The Labute approximate surface area is 156 Å². The van der Waals surface area contributed by atoms with E-state index < -0.39 is 6.04 Å². The summed E-state index contributed by atoms with van der Waals surface area (Å²) >= 11 is 0. The Kier molecular flexibility index (Phi) is 4.42. The minimum Gasteiger partial charge on any atom is -0.496 e. The van der Waals surface area contributed by atoms with Crippen LogP contribution in [0, 0.1) is 0 Å². The first-order valence-electron chi connectivity index (χ1n) is 8.48. The number of ether oxygens (including phenoxy) is 3. The molecule has 2 heterocycles. The van der Waals surface area contributed by atoms with E-state index in [1.165, 1.54) is 0 Å². The third-order valence-corrected chi connectivity index (χ3v) is 4.48. The summed E-state index contributed by atoms with van der Waals surface area (Å²) in [5.74, 6) is 2.34. The lowest BCUT2D eigenvalue weighted by atomic mass is 10.0. The van der Waals surface area contributed by atoms with Crippen LogP contribution in [-0.2, 0) is 7.05 Å². The van der Waals surface area contributed by atoms with Crippen LogP contribution in [0.15, 0.2) is 54.9 Å². The molecule has 1 N–H and O–H groups in total. The Bertz CT molecular complexity index is 983. The number of carbonyl (C=O) groups is 1.